The van der Waals surface area contributed by atoms with Crippen LogP contribution < -0.4 is 5.32 Å². The second kappa shape index (κ2) is 6.74. The van der Waals surface area contributed by atoms with Crippen LogP contribution in [0.2, 0.25) is 0 Å². The van der Waals surface area contributed by atoms with Crippen molar-refractivity contribution in [2.45, 2.75) is 19.4 Å². The van der Waals surface area contributed by atoms with Gasteiger partial charge >= 0.3 is 0 Å². The van der Waals surface area contributed by atoms with E-state index in [1.54, 1.807) is 37.3 Å². The summed E-state index contributed by atoms with van der Waals surface area (Å²) in [6.45, 7) is 1.74. The number of amides is 1. The van der Waals surface area contributed by atoms with E-state index in [0.717, 1.165) is 11.8 Å². The topological polar surface area (TPSA) is 89.3 Å². The number of hydrogen-bond donors (Lipinski definition) is 1. The Bertz CT molecular complexity index is 738. The second-order valence-electron chi connectivity index (χ2n) is 5.23. The third-order valence-electron chi connectivity index (χ3n) is 3.03. The summed E-state index contributed by atoms with van der Waals surface area (Å²) in [7, 11) is -3.23. The zero-order valence-corrected chi connectivity index (χ0v) is 13.3. The quantitative estimate of drug-likeness (QED) is 0.869. The van der Waals surface area contributed by atoms with Crippen molar-refractivity contribution in [3.8, 4) is 0 Å². The van der Waals surface area contributed by atoms with Gasteiger partial charge in [0.25, 0.3) is 0 Å². The molecular weight excluding hydrogens is 304 g/mol. The Morgan fingerprint density at radius 2 is 2.00 bits per heavy atom. The molecule has 1 atom stereocenters. The molecule has 0 aliphatic carbocycles. The van der Waals surface area contributed by atoms with Crippen molar-refractivity contribution in [1.29, 1.82) is 0 Å². The number of aromatic nitrogens is 1. The minimum atomic E-state index is -3.23. The molecule has 0 fully saturated rings. The molecule has 6 nitrogen and oxygen atoms in total. The van der Waals surface area contributed by atoms with E-state index in [-0.39, 0.29) is 18.1 Å². The van der Waals surface area contributed by atoms with Crippen LogP contribution in [0.5, 0.6) is 0 Å². The average molecular weight is 322 g/mol. The normalized spacial score (nSPS) is 12.8. The lowest BCUT2D eigenvalue weighted by molar-refractivity contribution is -0.121. The molecule has 1 aromatic heterocycles. The van der Waals surface area contributed by atoms with E-state index < -0.39 is 15.9 Å². The summed E-state index contributed by atoms with van der Waals surface area (Å²) in [5, 5.41) is 6.50. The fraction of sp³-hybridized carbons (Fsp3) is 0.333. The van der Waals surface area contributed by atoms with Crippen molar-refractivity contribution >= 4 is 15.7 Å². The minimum Gasteiger partial charge on any atom is -0.361 e. The summed E-state index contributed by atoms with van der Waals surface area (Å²) >= 11 is 0. The molecule has 2 rings (SSSR count). The number of rotatable bonds is 6. The van der Waals surface area contributed by atoms with Gasteiger partial charge in [0.05, 0.1) is 23.9 Å². The van der Waals surface area contributed by atoms with E-state index in [1.807, 2.05) is 6.07 Å². The molecule has 0 saturated heterocycles. The summed E-state index contributed by atoms with van der Waals surface area (Å²) in [5.74, 6) is 0.171. The van der Waals surface area contributed by atoms with Gasteiger partial charge in [-0.15, -0.1) is 0 Å². The highest BCUT2D eigenvalue weighted by Gasteiger charge is 2.20. The Morgan fingerprint density at radius 3 is 2.55 bits per heavy atom. The van der Waals surface area contributed by atoms with Gasteiger partial charge in [-0.2, -0.15) is 0 Å². The molecule has 1 amide bonds. The van der Waals surface area contributed by atoms with Crippen molar-refractivity contribution < 1.29 is 17.7 Å². The van der Waals surface area contributed by atoms with Crippen molar-refractivity contribution in [2.75, 3.05) is 12.0 Å². The zero-order valence-electron chi connectivity index (χ0n) is 12.4. The predicted molar refractivity (Wildman–Crippen MR) is 82.0 cm³/mol. The monoisotopic (exact) mass is 322 g/mol. The van der Waals surface area contributed by atoms with Crippen LogP contribution in [0.1, 0.15) is 23.1 Å². The van der Waals surface area contributed by atoms with Crippen molar-refractivity contribution in [1.82, 2.24) is 10.5 Å². The van der Waals surface area contributed by atoms with Gasteiger partial charge in [0, 0.05) is 12.3 Å². The van der Waals surface area contributed by atoms with Crippen LogP contribution in [0.25, 0.3) is 0 Å². The van der Waals surface area contributed by atoms with Crippen molar-refractivity contribution in [3.05, 3.63) is 53.4 Å². The van der Waals surface area contributed by atoms with Crippen LogP contribution >= 0.6 is 0 Å². The first-order valence-corrected chi connectivity index (χ1v) is 8.84. The van der Waals surface area contributed by atoms with Crippen LogP contribution in [0, 0.1) is 6.92 Å². The molecule has 1 heterocycles. The third kappa shape index (κ3) is 5.00. The molecule has 0 spiro atoms. The highest BCUT2D eigenvalue weighted by Crippen LogP contribution is 2.15. The first-order chi connectivity index (χ1) is 10.3. The second-order valence-corrected chi connectivity index (χ2v) is 7.41. The molecule has 22 heavy (non-hydrogen) atoms. The van der Waals surface area contributed by atoms with Crippen molar-refractivity contribution in [2.24, 2.45) is 0 Å². The maximum Gasteiger partial charge on any atom is 0.226 e. The lowest BCUT2D eigenvalue weighted by Crippen LogP contribution is -2.34. The molecule has 0 radical (unpaired) electrons. The van der Waals surface area contributed by atoms with Gasteiger partial charge in [-0.3, -0.25) is 4.79 Å². The first kappa shape index (κ1) is 16.2. The highest BCUT2D eigenvalue weighted by molar-refractivity contribution is 7.90. The number of nitrogens with one attached hydrogen (secondary N) is 1. The molecule has 2 aromatic rings. The van der Waals surface area contributed by atoms with Gasteiger partial charge in [0.2, 0.25) is 5.91 Å². The van der Waals surface area contributed by atoms with Gasteiger partial charge in [-0.05, 0) is 12.5 Å². The lowest BCUT2D eigenvalue weighted by Gasteiger charge is -2.18. The predicted octanol–water partition coefficient (Wildman–Crippen LogP) is 1.43. The van der Waals surface area contributed by atoms with E-state index in [0.29, 0.717) is 11.5 Å². The molecule has 7 heteroatoms. The molecule has 1 unspecified atom stereocenters. The van der Waals surface area contributed by atoms with Crippen LogP contribution in [-0.4, -0.2) is 31.5 Å². The maximum atomic E-state index is 12.1. The van der Waals surface area contributed by atoms with Crippen LogP contribution in [0.4, 0.5) is 0 Å². The Balaban J connectivity index is 2.10. The number of carbonyl (C=O) groups is 1. The molecular formula is C15H18N2O4S. The SMILES string of the molecule is Cc1cc(CC(=O)NC(CS(C)(=O)=O)c2ccccc2)no1. The van der Waals surface area contributed by atoms with Crippen molar-refractivity contribution in [3.63, 3.8) is 0 Å². The Morgan fingerprint density at radius 1 is 1.32 bits per heavy atom. The first-order valence-electron chi connectivity index (χ1n) is 6.78. The van der Waals surface area contributed by atoms with Crippen LogP contribution in [0.15, 0.2) is 40.9 Å². The summed E-state index contributed by atoms with van der Waals surface area (Å²) in [6, 6.07) is 10.1. The standard InChI is InChI=1S/C15H18N2O4S/c1-11-8-13(17-21-11)9-15(18)16-14(10-22(2,19)20)12-6-4-3-5-7-12/h3-8,14H,9-10H2,1-2H3,(H,16,18). The Hall–Kier alpha value is -2.15. The van der Waals surface area contributed by atoms with Gasteiger partial charge in [-0.25, -0.2) is 8.42 Å². The fourth-order valence-electron chi connectivity index (χ4n) is 2.12. The summed E-state index contributed by atoms with van der Waals surface area (Å²) < 4.78 is 28.1. The van der Waals surface area contributed by atoms with Gasteiger partial charge in [-0.1, -0.05) is 35.5 Å². The number of hydrogen-bond acceptors (Lipinski definition) is 5. The summed E-state index contributed by atoms with van der Waals surface area (Å²) in [5.41, 5.74) is 1.26. The molecule has 1 aromatic carbocycles. The van der Waals surface area contributed by atoms with E-state index in [1.165, 1.54) is 0 Å². The van der Waals surface area contributed by atoms with Gasteiger partial charge < -0.3 is 9.84 Å². The fourth-order valence-corrected chi connectivity index (χ4v) is 3.00. The number of carbonyl (C=O) groups excluding carboxylic acids is 1. The Labute approximate surface area is 129 Å². The van der Waals surface area contributed by atoms with Gasteiger partial charge in [0.1, 0.15) is 15.6 Å². The van der Waals surface area contributed by atoms with Crippen LogP contribution in [-0.2, 0) is 21.1 Å². The number of sulfone groups is 1. The van der Waals surface area contributed by atoms with E-state index in [2.05, 4.69) is 10.5 Å². The van der Waals surface area contributed by atoms with Crippen LogP contribution in [0.3, 0.4) is 0 Å². The largest absolute Gasteiger partial charge is 0.361 e. The molecule has 0 bridgehead atoms. The molecule has 118 valence electrons. The minimum absolute atomic E-state index is 0.0461. The number of aryl methyl sites for hydroxylation is 1. The molecule has 0 saturated carbocycles. The number of benzene rings is 1. The van der Waals surface area contributed by atoms with E-state index in [4.69, 9.17) is 4.52 Å². The van der Waals surface area contributed by atoms with E-state index in [9.17, 15) is 13.2 Å². The van der Waals surface area contributed by atoms with E-state index >= 15 is 0 Å². The lowest BCUT2D eigenvalue weighted by atomic mass is 10.1. The number of nitrogens with zero attached hydrogens (tertiary/aromatic N) is 1. The maximum absolute atomic E-state index is 12.1. The average Bonchev–Trinajstić information content (AvgIpc) is 2.82. The Kier molecular flexibility index (Phi) is 4.97. The molecule has 0 aliphatic heterocycles. The molecule has 0 aliphatic rings. The molecule has 1 N–H and O–H groups in total. The van der Waals surface area contributed by atoms with Gasteiger partial charge in [0.15, 0.2) is 0 Å². The summed E-state index contributed by atoms with van der Waals surface area (Å²) in [6.07, 6.45) is 1.19. The highest BCUT2D eigenvalue weighted by atomic mass is 32.2. The third-order valence-corrected chi connectivity index (χ3v) is 3.96. The summed E-state index contributed by atoms with van der Waals surface area (Å²) in [4.78, 5) is 12.1. The zero-order chi connectivity index (χ0) is 16.2. The smallest absolute Gasteiger partial charge is 0.226 e.